The number of aromatic nitrogens is 8. The SMILES string of the molecule is c1ccc(-n2c3ccc(-c4cccc(-c5cccc6c7cc(-c8ncncn8)ccc7n(-c7ccccc7)c56)c4)cc3c3cc(-c4ncncn4)ccc32)cc1. The lowest BCUT2D eigenvalue weighted by Crippen LogP contribution is -1.95. The number of para-hydroxylation sites is 3. The van der Waals surface area contributed by atoms with Crippen molar-refractivity contribution >= 4 is 43.6 Å². The molecule has 0 aliphatic heterocycles. The predicted octanol–water partition coefficient (Wildman–Crippen LogP) is 10.9. The van der Waals surface area contributed by atoms with Gasteiger partial charge in [-0.2, -0.15) is 0 Å². The number of benzene rings is 7. The van der Waals surface area contributed by atoms with Crippen LogP contribution < -0.4 is 0 Å². The van der Waals surface area contributed by atoms with Crippen LogP contribution in [-0.2, 0) is 0 Å². The van der Waals surface area contributed by atoms with E-state index in [0.717, 1.165) is 88.4 Å². The highest BCUT2D eigenvalue weighted by molar-refractivity contribution is 6.15. The maximum Gasteiger partial charge on any atom is 0.162 e. The van der Waals surface area contributed by atoms with Crippen LogP contribution in [0, 0.1) is 0 Å². The van der Waals surface area contributed by atoms with E-state index in [4.69, 9.17) is 0 Å². The fourth-order valence-electron chi connectivity index (χ4n) is 8.13. The quantitative estimate of drug-likeness (QED) is 0.170. The molecule has 0 N–H and O–H groups in total. The Labute approximate surface area is 321 Å². The van der Waals surface area contributed by atoms with E-state index in [1.807, 2.05) is 0 Å². The minimum absolute atomic E-state index is 0.649. The van der Waals surface area contributed by atoms with Crippen molar-refractivity contribution in [3.8, 4) is 56.4 Å². The Bertz CT molecular complexity index is 3230. The Hall–Kier alpha value is -7.84. The lowest BCUT2D eigenvalue weighted by molar-refractivity contribution is 1.06. The van der Waals surface area contributed by atoms with Crippen molar-refractivity contribution in [2.45, 2.75) is 0 Å². The predicted molar refractivity (Wildman–Crippen MR) is 224 cm³/mol. The van der Waals surface area contributed by atoms with Gasteiger partial charge in [-0.3, -0.25) is 0 Å². The number of fused-ring (bicyclic) bond motifs is 6. The lowest BCUT2D eigenvalue weighted by atomic mass is 9.96. The molecule has 0 unspecified atom stereocenters. The molecule has 262 valence electrons. The standard InChI is InChI=1S/C48H30N8/c1-3-11-36(12-4-1)55-43-20-17-32(24-41(43)42-26-35(18-21-44(42)55)48-53-29-50-30-54-48)31-9-7-10-33(23-31)38-15-8-16-39-40-25-34(47-51-27-49-28-52-47)19-22-45(40)56(46(38)39)37-13-5-2-6-14-37/h1-30H. The zero-order valence-corrected chi connectivity index (χ0v) is 29.9. The van der Waals surface area contributed by atoms with Crippen LogP contribution in [0.15, 0.2) is 183 Å². The van der Waals surface area contributed by atoms with Gasteiger partial charge < -0.3 is 9.13 Å². The first-order chi connectivity index (χ1) is 27.8. The summed E-state index contributed by atoms with van der Waals surface area (Å²) < 4.78 is 4.70. The van der Waals surface area contributed by atoms with Crippen LogP contribution in [0.25, 0.3) is 100 Å². The highest BCUT2D eigenvalue weighted by Gasteiger charge is 2.19. The van der Waals surface area contributed by atoms with Crippen LogP contribution in [0.4, 0.5) is 0 Å². The average molecular weight is 719 g/mol. The molecular formula is C48H30N8. The molecule has 4 aromatic heterocycles. The monoisotopic (exact) mass is 718 g/mol. The molecule has 8 heteroatoms. The molecule has 0 saturated heterocycles. The van der Waals surface area contributed by atoms with Crippen molar-refractivity contribution in [1.29, 1.82) is 0 Å². The Morgan fingerprint density at radius 2 is 0.786 bits per heavy atom. The van der Waals surface area contributed by atoms with Gasteiger partial charge in [0.1, 0.15) is 25.3 Å². The summed E-state index contributed by atoms with van der Waals surface area (Å²) in [5.74, 6) is 1.30. The summed E-state index contributed by atoms with van der Waals surface area (Å²) in [6.45, 7) is 0. The summed E-state index contributed by atoms with van der Waals surface area (Å²) in [6, 6.07) is 56.3. The Kier molecular flexibility index (Phi) is 7.31. The molecular weight excluding hydrogens is 689 g/mol. The molecule has 0 bridgehead atoms. The van der Waals surface area contributed by atoms with Crippen LogP contribution in [0.3, 0.4) is 0 Å². The van der Waals surface area contributed by atoms with E-state index in [-0.39, 0.29) is 0 Å². The molecule has 0 fully saturated rings. The van der Waals surface area contributed by atoms with E-state index in [0.29, 0.717) is 11.6 Å². The van der Waals surface area contributed by atoms with Gasteiger partial charge in [-0.1, -0.05) is 78.9 Å². The van der Waals surface area contributed by atoms with E-state index < -0.39 is 0 Å². The topological polar surface area (TPSA) is 87.2 Å². The Morgan fingerprint density at radius 3 is 1.39 bits per heavy atom. The molecule has 8 nitrogen and oxygen atoms in total. The maximum atomic E-state index is 4.44. The molecule has 4 heterocycles. The van der Waals surface area contributed by atoms with Gasteiger partial charge in [0.05, 0.1) is 22.1 Å². The average Bonchev–Trinajstić information content (AvgIpc) is 3.79. The zero-order chi connectivity index (χ0) is 37.0. The molecule has 0 radical (unpaired) electrons. The molecule has 0 amide bonds. The summed E-state index contributed by atoms with van der Waals surface area (Å²) >= 11 is 0. The van der Waals surface area contributed by atoms with E-state index in [2.05, 4.69) is 197 Å². The molecule has 11 aromatic rings. The van der Waals surface area contributed by atoms with Gasteiger partial charge in [0, 0.05) is 49.6 Å². The van der Waals surface area contributed by atoms with Crippen LogP contribution in [0.2, 0.25) is 0 Å². The first-order valence-electron chi connectivity index (χ1n) is 18.4. The fourth-order valence-corrected chi connectivity index (χ4v) is 8.13. The molecule has 56 heavy (non-hydrogen) atoms. The van der Waals surface area contributed by atoms with E-state index in [1.165, 1.54) is 0 Å². The van der Waals surface area contributed by atoms with Crippen molar-refractivity contribution in [2.75, 3.05) is 0 Å². The normalized spacial score (nSPS) is 11.6. The largest absolute Gasteiger partial charge is 0.309 e. The van der Waals surface area contributed by atoms with Gasteiger partial charge in [0.2, 0.25) is 0 Å². The molecule has 0 saturated carbocycles. The van der Waals surface area contributed by atoms with E-state index in [9.17, 15) is 0 Å². The van der Waals surface area contributed by atoms with Crippen molar-refractivity contribution in [1.82, 2.24) is 39.0 Å². The fraction of sp³-hybridized carbons (Fsp3) is 0. The second-order valence-corrected chi connectivity index (χ2v) is 13.7. The van der Waals surface area contributed by atoms with Crippen molar-refractivity contribution in [2.24, 2.45) is 0 Å². The van der Waals surface area contributed by atoms with Crippen LogP contribution >= 0.6 is 0 Å². The highest BCUT2D eigenvalue weighted by Crippen LogP contribution is 2.41. The second kappa shape index (κ2) is 12.9. The smallest absolute Gasteiger partial charge is 0.162 e. The summed E-state index contributed by atoms with van der Waals surface area (Å²) in [5, 5.41) is 4.58. The first kappa shape index (κ1) is 31.7. The summed E-state index contributed by atoms with van der Waals surface area (Å²) in [4.78, 5) is 25.8. The van der Waals surface area contributed by atoms with E-state index >= 15 is 0 Å². The molecule has 0 atom stereocenters. The van der Waals surface area contributed by atoms with Gasteiger partial charge >= 0.3 is 0 Å². The van der Waals surface area contributed by atoms with Gasteiger partial charge in [-0.15, -0.1) is 0 Å². The number of hydrogen-bond donors (Lipinski definition) is 0. The van der Waals surface area contributed by atoms with Gasteiger partial charge in [0.25, 0.3) is 0 Å². The second-order valence-electron chi connectivity index (χ2n) is 13.7. The van der Waals surface area contributed by atoms with Crippen LogP contribution in [0.5, 0.6) is 0 Å². The molecule has 11 rings (SSSR count). The Balaban J connectivity index is 1.10. The highest BCUT2D eigenvalue weighted by atomic mass is 15.0. The van der Waals surface area contributed by atoms with Crippen molar-refractivity contribution in [3.05, 3.63) is 183 Å². The maximum absolute atomic E-state index is 4.44. The summed E-state index contributed by atoms with van der Waals surface area (Å²) in [6.07, 6.45) is 6.16. The summed E-state index contributed by atoms with van der Waals surface area (Å²) in [7, 11) is 0. The molecule has 7 aromatic carbocycles. The molecule has 0 spiro atoms. The summed E-state index contributed by atoms with van der Waals surface area (Å²) in [5.41, 5.74) is 13.2. The number of hydrogen-bond acceptors (Lipinski definition) is 6. The third-order valence-corrected chi connectivity index (χ3v) is 10.6. The minimum atomic E-state index is 0.649. The van der Waals surface area contributed by atoms with Crippen LogP contribution in [-0.4, -0.2) is 39.0 Å². The van der Waals surface area contributed by atoms with Gasteiger partial charge in [0.15, 0.2) is 11.6 Å². The van der Waals surface area contributed by atoms with Crippen molar-refractivity contribution in [3.63, 3.8) is 0 Å². The van der Waals surface area contributed by atoms with Gasteiger partial charge in [-0.05, 0) is 95.6 Å². The zero-order valence-electron chi connectivity index (χ0n) is 29.9. The minimum Gasteiger partial charge on any atom is -0.309 e. The molecule has 0 aliphatic carbocycles. The third kappa shape index (κ3) is 5.15. The lowest BCUT2D eigenvalue weighted by Gasteiger charge is -2.13. The number of nitrogens with zero attached hydrogens (tertiary/aromatic N) is 8. The van der Waals surface area contributed by atoms with E-state index in [1.54, 1.807) is 25.3 Å². The van der Waals surface area contributed by atoms with Crippen LogP contribution in [0.1, 0.15) is 0 Å². The Morgan fingerprint density at radius 1 is 0.321 bits per heavy atom. The molecule has 0 aliphatic rings. The third-order valence-electron chi connectivity index (χ3n) is 10.6. The number of rotatable bonds is 6. The first-order valence-corrected chi connectivity index (χ1v) is 18.4. The van der Waals surface area contributed by atoms with Crippen molar-refractivity contribution < 1.29 is 0 Å². The van der Waals surface area contributed by atoms with Gasteiger partial charge in [-0.25, -0.2) is 29.9 Å².